The Morgan fingerprint density at radius 1 is 1.23 bits per heavy atom. The van der Waals surface area contributed by atoms with Crippen LogP contribution in [0.2, 0.25) is 0 Å². The van der Waals surface area contributed by atoms with Crippen LogP contribution in [0.1, 0.15) is 5.82 Å². The third-order valence-electron chi connectivity index (χ3n) is 2.92. The highest BCUT2D eigenvalue weighted by Crippen LogP contribution is 2.26. The van der Waals surface area contributed by atoms with Crippen LogP contribution in [0.15, 0.2) is 17.6 Å². The Morgan fingerprint density at radius 2 is 2.05 bits per heavy atom. The van der Waals surface area contributed by atoms with Crippen molar-refractivity contribution in [3.05, 3.63) is 18.3 Å². The summed E-state index contributed by atoms with van der Waals surface area (Å²) in [6.45, 7) is 0. The van der Waals surface area contributed by atoms with Crippen LogP contribution in [-0.4, -0.2) is 48.8 Å². The van der Waals surface area contributed by atoms with Gasteiger partial charge in [-0.25, -0.2) is 9.97 Å². The number of hydrogen-bond acceptors (Lipinski definition) is 9. The number of thioether (sulfide) groups is 1. The average molecular weight is 317 g/mol. The van der Waals surface area contributed by atoms with Crippen LogP contribution in [0.5, 0.6) is 0 Å². The van der Waals surface area contributed by atoms with Crippen molar-refractivity contribution in [2.45, 2.75) is 10.8 Å². The number of aromatic nitrogens is 7. The SMILES string of the molecule is CN(C)c1nc(N)nc(CSc2ncnc3c2cnn3C)n1. The van der Waals surface area contributed by atoms with E-state index in [0.29, 0.717) is 17.5 Å². The van der Waals surface area contributed by atoms with E-state index in [2.05, 4.69) is 30.0 Å². The average Bonchev–Trinajstić information content (AvgIpc) is 2.87. The number of fused-ring (bicyclic) bond motifs is 1. The van der Waals surface area contributed by atoms with E-state index in [1.807, 2.05) is 21.1 Å². The van der Waals surface area contributed by atoms with E-state index in [-0.39, 0.29) is 5.95 Å². The summed E-state index contributed by atoms with van der Waals surface area (Å²) in [5.41, 5.74) is 6.52. The molecule has 0 atom stereocenters. The molecule has 0 aliphatic rings. The lowest BCUT2D eigenvalue weighted by atomic mass is 10.4. The van der Waals surface area contributed by atoms with Crippen molar-refractivity contribution in [2.24, 2.45) is 7.05 Å². The highest BCUT2D eigenvalue weighted by atomic mass is 32.2. The molecule has 0 fully saturated rings. The van der Waals surface area contributed by atoms with Crippen LogP contribution in [0.25, 0.3) is 11.0 Å². The maximum Gasteiger partial charge on any atom is 0.229 e. The highest BCUT2D eigenvalue weighted by molar-refractivity contribution is 7.98. The second-order valence-corrected chi connectivity index (χ2v) is 5.74. The molecule has 0 saturated carbocycles. The van der Waals surface area contributed by atoms with Crippen LogP contribution in [0.3, 0.4) is 0 Å². The van der Waals surface area contributed by atoms with Crippen molar-refractivity contribution in [1.29, 1.82) is 0 Å². The molecule has 2 N–H and O–H groups in total. The van der Waals surface area contributed by atoms with Gasteiger partial charge in [0.05, 0.1) is 17.3 Å². The van der Waals surface area contributed by atoms with Gasteiger partial charge in [0.25, 0.3) is 0 Å². The number of anilines is 2. The molecule has 0 bridgehead atoms. The van der Waals surface area contributed by atoms with Crippen molar-refractivity contribution >= 4 is 34.7 Å². The Balaban J connectivity index is 1.85. The van der Waals surface area contributed by atoms with Gasteiger partial charge in [0.1, 0.15) is 17.2 Å². The molecule has 9 nitrogen and oxygen atoms in total. The van der Waals surface area contributed by atoms with E-state index >= 15 is 0 Å². The van der Waals surface area contributed by atoms with Gasteiger partial charge in [-0.1, -0.05) is 11.8 Å². The number of aryl methyl sites for hydroxylation is 1. The first-order chi connectivity index (χ1) is 10.5. The summed E-state index contributed by atoms with van der Waals surface area (Å²) >= 11 is 1.51. The quantitative estimate of drug-likeness (QED) is 0.542. The lowest BCUT2D eigenvalue weighted by molar-refractivity contribution is 0.784. The molecule has 22 heavy (non-hydrogen) atoms. The summed E-state index contributed by atoms with van der Waals surface area (Å²) in [7, 11) is 5.56. The summed E-state index contributed by atoms with van der Waals surface area (Å²) in [5.74, 6) is 1.90. The van der Waals surface area contributed by atoms with E-state index in [0.717, 1.165) is 16.1 Å². The van der Waals surface area contributed by atoms with Gasteiger partial charge in [-0.05, 0) is 0 Å². The number of hydrogen-bond donors (Lipinski definition) is 1. The van der Waals surface area contributed by atoms with Crippen molar-refractivity contribution in [3.63, 3.8) is 0 Å². The van der Waals surface area contributed by atoms with E-state index in [1.54, 1.807) is 15.8 Å². The predicted molar refractivity (Wildman–Crippen MR) is 84.4 cm³/mol. The van der Waals surface area contributed by atoms with Gasteiger partial charge in [-0.15, -0.1) is 0 Å². The maximum atomic E-state index is 5.72. The zero-order chi connectivity index (χ0) is 15.7. The molecule has 0 amide bonds. The lowest BCUT2D eigenvalue weighted by Crippen LogP contribution is -2.15. The third kappa shape index (κ3) is 2.77. The minimum absolute atomic E-state index is 0.212. The summed E-state index contributed by atoms with van der Waals surface area (Å²) in [6.07, 6.45) is 3.28. The molecule has 0 spiro atoms. The molecule has 0 aliphatic heterocycles. The number of rotatable bonds is 4. The molecule has 0 radical (unpaired) electrons. The van der Waals surface area contributed by atoms with E-state index in [1.165, 1.54) is 18.1 Å². The zero-order valence-corrected chi connectivity index (χ0v) is 13.2. The van der Waals surface area contributed by atoms with Gasteiger partial charge in [-0.2, -0.15) is 20.1 Å². The van der Waals surface area contributed by atoms with Crippen LogP contribution < -0.4 is 10.6 Å². The van der Waals surface area contributed by atoms with Gasteiger partial charge < -0.3 is 10.6 Å². The van der Waals surface area contributed by atoms with Crippen LogP contribution in [0.4, 0.5) is 11.9 Å². The standard InChI is InChI=1S/C12H15N9S/c1-20(2)12-18-8(17-11(13)19-12)5-22-10-7-4-16-21(3)9(7)14-6-15-10/h4,6H,5H2,1-3H3,(H2,13,17,18,19). The van der Waals surface area contributed by atoms with Crippen LogP contribution in [0, 0.1) is 0 Å². The minimum atomic E-state index is 0.212. The minimum Gasteiger partial charge on any atom is -0.368 e. The van der Waals surface area contributed by atoms with E-state index < -0.39 is 0 Å². The smallest absolute Gasteiger partial charge is 0.229 e. The Bertz CT molecular complexity index is 813. The van der Waals surface area contributed by atoms with Crippen LogP contribution >= 0.6 is 11.8 Å². The molecule has 0 saturated heterocycles. The molecule has 3 aromatic rings. The summed E-state index contributed by atoms with van der Waals surface area (Å²) in [5, 5.41) is 5.94. The van der Waals surface area contributed by atoms with Crippen molar-refractivity contribution in [2.75, 3.05) is 24.7 Å². The molecule has 0 aromatic carbocycles. The van der Waals surface area contributed by atoms with Gasteiger partial charge >= 0.3 is 0 Å². The molecular formula is C12H15N9S. The highest BCUT2D eigenvalue weighted by Gasteiger charge is 2.11. The van der Waals surface area contributed by atoms with Crippen molar-refractivity contribution in [1.82, 2.24) is 34.7 Å². The molecule has 3 rings (SSSR count). The van der Waals surface area contributed by atoms with E-state index in [9.17, 15) is 0 Å². The van der Waals surface area contributed by atoms with Gasteiger partial charge in [0, 0.05) is 21.1 Å². The van der Waals surface area contributed by atoms with Gasteiger partial charge in [0.15, 0.2) is 5.65 Å². The van der Waals surface area contributed by atoms with E-state index in [4.69, 9.17) is 5.73 Å². The summed E-state index contributed by atoms with van der Waals surface area (Å²) in [6, 6.07) is 0. The molecule has 114 valence electrons. The first kappa shape index (κ1) is 14.4. The molecule has 3 aromatic heterocycles. The number of nitrogens with zero attached hydrogens (tertiary/aromatic N) is 8. The first-order valence-corrected chi connectivity index (χ1v) is 7.46. The second-order valence-electron chi connectivity index (χ2n) is 4.78. The van der Waals surface area contributed by atoms with Gasteiger partial charge in [0.2, 0.25) is 11.9 Å². The predicted octanol–water partition coefficient (Wildman–Crippen LogP) is 0.489. The number of nitrogens with two attached hydrogens (primary N) is 1. The monoisotopic (exact) mass is 317 g/mol. The lowest BCUT2D eigenvalue weighted by Gasteiger charge is -2.11. The molecular weight excluding hydrogens is 302 g/mol. The topological polar surface area (TPSA) is 112 Å². The fraction of sp³-hybridized carbons (Fsp3) is 0.333. The first-order valence-electron chi connectivity index (χ1n) is 6.48. The normalized spacial score (nSPS) is 11.0. The second kappa shape index (κ2) is 5.72. The Labute approximate surface area is 131 Å². The summed E-state index contributed by atoms with van der Waals surface area (Å²) < 4.78 is 1.71. The Morgan fingerprint density at radius 3 is 2.82 bits per heavy atom. The molecule has 0 unspecified atom stereocenters. The van der Waals surface area contributed by atoms with Crippen molar-refractivity contribution in [3.8, 4) is 0 Å². The van der Waals surface area contributed by atoms with Crippen molar-refractivity contribution < 1.29 is 0 Å². The zero-order valence-electron chi connectivity index (χ0n) is 12.4. The van der Waals surface area contributed by atoms with Crippen LogP contribution in [-0.2, 0) is 12.8 Å². The molecule has 3 heterocycles. The Kier molecular flexibility index (Phi) is 3.75. The maximum absolute atomic E-state index is 5.72. The Hall–Kier alpha value is -2.49. The fourth-order valence-corrected chi connectivity index (χ4v) is 2.69. The third-order valence-corrected chi connectivity index (χ3v) is 3.92. The largest absolute Gasteiger partial charge is 0.368 e. The molecule has 10 heteroatoms. The molecule has 0 aliphatic carbocycles. The van der Waals surface area contributed by atoms with Gasteiger partial charge in [-0.3, -0.25) is 4.68 Å². The fourth-order valence-electron chi connectivity index (χ4n) is 1.88. The summed E-state index contributed by atoms with van der Waals surface area (Å²) in [4.78, 5) is 22.9. The number of nitrogen functional groups attached to an aromatic ring is 1.